The maximum Gasteiger partial charge on any atom is 0.348 e. The van der Waals surface area contributed by atoms with Crippen molar-refractivity contribution in [2.24, 2.45) is 11.3 Å². The number of hydrogen-bond donors (Lipinski definition) is 1. The van der Waals surface area contributed by atoms with Gasteiger partial charge in [-0.05, 0) is 29.7 Å². The molecule has 1 N–H and O–H groups in total. The highest BCUT2D eigenvalue weighted by Gasteiger charge is 2.20. The molecule has 1 atom stereocenters. The molecule has 108 valence electrons. The molecular weight excluding hydrogens is 232 g/mol. The first kappa shape index (κ1) is 17.4. The Kier molecular flexibility index (Phi) is 9.02. The zero-order valence-electron chi connectivity index (χ0n) is 12.2. The molecule has 0 aliphatic rings. The van der Waals surface area contributed by atoms with Crippen LogP contribution in [-0.2, 0) is 14.7 Å². The third-order valence-corrected chi connectivity index (χ3v) is 3.09. The van der Waals surface area contributed by atoms with Crippen molar-refractivity contribution in [2.75, 3.05) is 0 Å². The van der Waals surface area contributed by atoms with Crippen LogP contribution in [0.3, 0.4) is 0 Å². The van der Waals surface area contributed by atoms with Crippen LogP contribution in [-0.4, -0.2) is 11.2 Å². The lowest BCUT2D eigenvalue weighted by Gasteiger charge is -2.18. The van der Waals surface area contributed by atoms with Crippen molar-refractivity contribution in [3.63, 3.8) is 0 Å². The van der Waals surface area contributed by atoms with Gasteiger partial charge in [0.15, 0.2) is 0 Å². The Hall–Kier alpha value is -0.610. The molecule has 0 saturated carbocycles. The molecule has 0 heterocycles. The van der Waals surface area contributed by atoms with Crippen molar-refractivity contribution >= 4 is 5.97 Å². The summed E-state index contributed by atoms with van der Waals surface area (Å²) in [6, 6.07) is 0. The second-order valence-corrected chi connectivity index (χ2v) is 6.12. The molecule has 18 heavy (non-hydrogen) atoms. The summed E-state index contributed by atoms with van der Waals surface area (Å²) in [7, 11) is 0. The molecule has 0 aliphatic heterocycles. The molecule has 0 bridgehead atoms. The van der Waals surface area contributed by atoms with E-state index in [-0.39, 0.29) is 5.92 Å². The highest BCUT2D eigenvalue weighted by molar-refractivity contribution is 5.71. The summed E-state index contributed by atoms with van der Waals surface area (Å²) >= 11 is 0. The molecule has 0 fully saturated rings. The fourth-order valence-corrected chi connectivity index (χ4v) is 1.98. The summed E-state index contributed by atoms with van der Waals surface area (Å²) in [5.74, 6) is -0.612. The fraction of sp³-hybridized carbons (Fsp3) is 0.929. The van der Waals surface area contributed by atoms with Gasteiger partial charge in [-0.2, -0.15) is 0 Å². The van der Waals surface area contributed by atoms with E-state index in [0.717, 1.165) is 44.9 Å². The molecule has 0 amide bonds. The number of rotatable bonds is 9. The van der Waals surface area contributed by atoms with Gasteiger partial charge in [0.2, 0.25) is 0 Å². The smallest absolute Gasteiger partial charge is 0.269 e. The van der Waals surface area contributed by atoms with Crippen LogP contribution in [0, 0.1) is 11.3 Å². The van der Waals surface area contributed by atoms with E-state index in [4.69, 9.17) is 5.26 Å². The zero-order chi connectivity index (χ0) is 14.0. The topological polar surface area (TPSA) is 55.8 Å². The van der Waals surface area contributed by atoms with Crippen LogP contribution in [0.25, 0.3) is 0 Å². The van der Waals surface area contributed by atoms with Crippen molar-refractivity contribution in [3.05, 3.63) is 0 Å². The van der Waals surface area contributed by atoms with Crippen molar-refractivity contribution in [1.29, 1.82) is 0 Å². The number of hydrogen-bond acceptors (Lipinski definition) is 4. The van der Waals surface area contributed by atoms with Gasteiger partial charge in [0, 0.05) is 0 Å². The van der Waals surface area contributed by atoms with E-state index in [0.29, 0.717) is 5.41 Å². The van der Waals surface area contributed by atoms with E-state index in [1.165, 1.54) is 0 Å². The Morgan fingerprint density at radius 2 is 1.78 bits per heavy atom. The van der Waals surface area contributed by atoms with E-state index in [9.17, 15) is 4.79 Å². The number of carbonyl (C=O) groups excluding carboxylic acids is 1. The lowest BCUT2D eigenvalue weighted by Crippen LogP contribution is -2.18. The van der Waals surface area contributed by atoms with Crippen LogP contribution in [0.1, 0.15) is 72.6 Å². The van der Waals surface area contributed by atoms with Crippen molar-refractivity contribution in [2.45, 2.75) is 72.6 Å². The highest BCUT2D eigenvalue weighted by Crippen LogP contribution is 2.24. The van der Waals surface area contributed by atoms with Crippen LogP contribution in [0.5, 0.6) is 0 Å². The molecule has 0 aromatic carbocycles. The Morgan fingerprint density at radius 1 is 1.17 bits per heavy atom. The Bertz CT molecular complexity index is 220. The maximum absolute atomic E-state index is 11.5. The average molecular weight is 260 g/mol. The van der Waals surface area contributed by atoms with Gasteiger partial charge in [-0.15, -0.1) is 0 Å². The second kappa shape index (κ2) is 9.34. The van der Waals surface area contributed by atoms with Crippen molar-refractivity contribution in [1.82, 2.24) is 0 Å². The van der Waals surface area contributed by atoms with Gasteiger partial charge in [0.05, 0.1) is 5.92 Å². The minimum Gasteiger partial charge on any atom is -0.269 e. The summed E-state index contributed by atoms with van der Waals surface area (Å²) < 4.78 is 0. The predicted octanol–water partition coefficient (Wildman–Crippen LogP) is 4.35. The van der Waals surface area contributed by atoms with Crippen LogP contribution in [0.15, 0.2) is 0 Å². The standard InChI is InChI=1S/C14H28O4/c1-5-6-9-12(13(15)17-18-16)10-7-8-11-14(2,3)4/h12,16H,5-11H2,1-4H3. The minimum atomic E-state index is -0.457. The molecule has 0 aromatic heterocycles. The molecule has 0 radical (unpaired) electrons. The summed E-state index contributed by atoms with van der Waals surface area (Å²) in [6.45, 7) is 8.74. The van der Waals surface area contributed by atoms with E-state index in [1.807, 2.05) is 0 Å². The highest BCUT2D eigenvalue weighted by atomic mass is 17.5. The van der Waals surface area contributed by atoms with Gasteiger partial charge >= 0.3 is 5.97 Å². The first-order valence-electron chi connectivity index (χ1n) is 6.92. The third-order valence-electron chi connectivity index (χ3n) is 3.09. The second-order valence-electron chi connectivity index (χ2n) is 6.12. The predicted molar refractivity (Wildman–Crippen MR) is 70.7 cm³/mol. The Morgan fingerprint density at radius 3 is 2.28 bits per heavy atom. The Balaban J connectivity index is 3.96. The van der Waals surface area contributed by atoms with Crippen LogP contribution in [0.4, 0.5) is 0 Å². The van der Waals surface area contributed by atoms with Gasteiger partial charge < -0.3 is 0 Å². The maximum atomic E-state index is 11.5. The lowest BCUT2D eigenvalue weighted by atomic mass is 9.88. The SMILES string of the molecule is CCCCC(CCCCC(C)(C)C)C(=O)OOO. The summed E-state index contributed by atoms with van der Waals surface area (Å²) in [5.41, 5.74) is 0.341. The molecular formula is C14H28O4. The normalized spacial score (nSPS) is 13.4. The van der Waals surface area contributed by atoms with Gasteiger partial charge in [-0.3, -0.25) is 4.89 Å². The van der Waals surface area contributed by atoms with E-state index in [2.05, 4.69) is 37.6 Å². The molecule has 1 unspecified atom stereocenters. The van der Waals surface area contributed by atoms with Gasteiger partial charge in [0.25, 0.3) is 0 Å². The minimum absolute atomic E-state index is 0.155. The number of unbranched alkanes of at least 4 members (excludes halogenated alkanes) is 2. The summed E-state index contributed by atoms with van der Waals surface area (Å²) in [5, 5.41) is 11.6. The summed E-state index contributed by atoms with van der Waals surface area (Å²) in [6.07, 6.45) is 6.91. The average Bonchev–Trinajstić information content (AvgIpc) is 2.27. The van der Waals surface area contributed by atoms with E-state index in [1.54, 1.807) is 0 Å². The molecule has 0 spiro atoms. The van der Waals surface area contributed by atoms with Crippen molar-refractivity contribution < 1.29 is 20.0 Å². The number of carbonyl (C=O) groups is 1. The lowest BCUT2D eigenvalue weighted by molar-refractivity contribution is -0.463. The van der Waals surface area contributed by atoms with Crippen molar-refractivity contribution in [3.8, 4) is 0 Å². The van der Waals surface area contributed by atoms with Gasteiger partial charge in [-0.1, -0.05) is 53.4 Å². The van der Waals surface area contributed by atoms with E-state index < -0.39 is 5.97 Å². The molecule has 0 aliphatic carbocycles. The summed E-state index contributed by atoms with van der Waals surface area (Å²) in [4.78, 5) is 15.7. The molecule has 0 rings (SSSR count). The quantitative estimate of drug-likeness (QED) is 0.380. The first-order valence-corrected chi connectivity index (χ1v) is 6.92. The fourth-order valence-electron chi connectivity index (χ4n) is 1.98. The molecule has 4 heteroatoms. The first-order chi connectivity index (χ1) is 8.40. The molecule has 0 saturated heterocycles. The zero-order valence-corrected chi connectivity index (χ0v) is 12.2. The van der Waals surface area contributed by atoms with E-state index >= 15 is 0 Å². The Labute approximate surface area is 111 Å². The largest absolute Gasteiger partial charge is 0.348 e. The van der Waals surface area contributed by atoms with Gasteiger partial charge in [0.1, 0.15) is 0 Å². The molecule has 4 nitrogen and oxygen atoms in total. The van der Waals surface area contributed by atoms with Crippen LogP contribution in [0.2, 0.25) is 0 Å². The monoisotopic (exact) mass is 260 g/mol. The third kappa shape index (κ3) is 9.42. The van der Waals surface area contributed by atoms with Gasteiger partial charge in [-0.25, -0.2) is 10.1 Å². The molecule has 0 aromatic rings. The van der Waals surface area contributed by atoms with Crippen LogP contribution < -0.4 is 0 Å². The van der Waals surface area contributed by atoms with Crippen LogP contribution >= 0.6 is 0 Å².